The fourth-order valence-corrected chi connectivity index (χ4v) is 6.67. The van der Waals surface area contributed by atoms with Gasteiger partial charge in [0.1, 0.15) is 36.4 Å². The minimum Gasteiger partial charge on any atom is -0.857 e. The van der Waals surface area contributed by atoms with Crippen LogP contribution >= 0.6 is 34.4 Å². The molecule has 0 aromatic carbocycles. The molecule has 5 rings (SSSR count). The van der Waals surface area contributed by atoms with E-state index in [0.29, 0.717) is 22.1 Å². The first-order valence-electron chi connectivity index (χ1n) is 11.4. The second-order valence-electron chi connectivity index (χ2n) is 8.14. The monoisotopic (exact) mass is 611 g/mol. The second kappa shape index (κ2) is 13.2. The maximum atomic E-state index is 13.1. The Morgan fingerprint density at radius 3 is 2.75 bits per heavy atom. The van der Waals surface area contributed by atoms with Crippen molar-refractivity contribution < 1.29 is 58.6 Å². The van der Waals surface area contributed by atoms with E-state index in [0.717, 1.165) is 22.6 Å². The van der Waals surface area contributed by atoms with Crippen LogP contribution in [-0.4, -0.2) is 73.8 Å². The molecule has 5 heterocycles. The number of fused-ring (bicyclic) bond motifs is 1. The molecule has 3 N–H and O–H groups in total. The summed E-state index contributed by atoms with van der Waals surface area (Å²) in [7, 11) is 0. The average Bonchev–Trinajstić information content (AvgIpc) is 3.58. The number of pyridine rings is 1. The van der Waals surface area contributed by atoms with Crippen molar-refractivity contribution in [3.8, 4) is 11.3 Å². The second-order valence-corrected chi connectivity index (χ2v) is 11.2. The van der Waals surface area contributed by atoms with E-state index in [2.05, 4.69) is 25.1 Å². The Hall–Kier alpha value is -2.89. The van der Waals surface area contributed by atoms with Gasteiger partial charge in [0.05, 0.1) is 11.7 Å². The molecule has 2 atom stereocenters. The summed E-state index contributed by atoms with van der Waals surface area (Å²) in [5.41, 5.74) is 6.88. The number of thioether (sulfide) groups is 1. The molecule has 1 saturated heterocycles. The molecule has 0 spiro atoms. The molecule has 0 aliphatic carbocycles. The molecule has 0 unspecified atom stereocenters. The molecule has 2 aliphatic rings. The number of β-lactam (4-membered cyclic amide) rings is 1. The number of alkyl halides is 1. The van der Waals surface area contributed by atoms with Crippen LogP contribution < -0.4 is 40.4 Å². The van der Waals surface area contributed by atoms with Gasteiger partial charge in [-0.2, -0.15) is 0 Å². The van der Waals surface area contributed by atoms with Gasteiger partial charge in [-0.05, 0) is 25.0 Å². The van der Waals surface area contributed by atoms with Gasteiger partial charge in [0, 0.05) is 39.5 Å². The van der Waals surface area contributed by atoms with E-state index >= 15 is 0 Å². The third-order valence-corrected chi connectivity index (χ3v) is 8.54. The van der Waals surface area contributed by atoms with Crippen LogP contribution in [-0.2, 0) is 14.4 Å². The zero-order chi connectivity index (χ0) is 27.5. The van der Waals surface area contributed by atoms with Gasteiger partial charge in [-0.3, -0.25) is 19.7 Å². The van der Waals surface area contributed by atoms with Gasteiger partial charge < -0.3 is 20.8 Å². The quantitative estimate of drug-likeness (QED) is 0.0733. The molecule has 0 bridgehead atoms. The van der Waals surface area contributed by atoms with Crippen LogP contribution in [0.3, 0.4) is 0 Å². The summed E-state index contributed by atoms with van der Waals surface area (Å²) in [5.74, 6) is -2.78. The van der Waals surface area contributed by atoms with Gasteiger partial charge in [0.15, 0.2) is 9.47 Å². The Balaban J connectivity index is 0.00000370. The number of nitrogens with two attached hydrogens (primary N) is 1. The van der Waals surface area contributed by atoms with Gasteiger partial charge in [-0.15, -0.1) is 22.7 Å². The van der Waals surface area contributed by atoms with Crippen LogP contribution in [0.1, 0.15) is 18.5 Å². The van der Waals surface area contributed by atoms with E-state index in [4.69, 9.17) is 10.6 Å². The van der Waals surface area contributed by atoms with E-state index in [1.165, 1.54) is 33.4 Å². The number of carboxylic acid groups (broad SMARTS) is 1. The molecule has 3 aromatic heterocycles. The molecule has 12 nitrogen and oxygen atoms in total. The minimum absolute atomic E-state index is 0. The number of amides is 1. The van der Waals surface area contributed by atoms with Crippen LogP contribution in [0.5, 0.6) is 0 Å². The number of aliphatic carboxylic acids is 1. The number of aliphatic imine (C=N–C) groups is 1. The number of halogens is 1. The van der Waals surface area contributed by atoms with Gasteiger partial charge in [0.25, 0.3) is 5.91 Å². The number of aromatic nitrogens is 3. The Labute approximate surface area is 261 Å². The normalized spacial score (nSPS) is 19.1. The number of carboxylic acids is 1. The summed E-state index contributed by atoms with van der Waals surface area (Å²) < 4.78 is 13.1. The standard InChI is InChI=1S/C23H20FN7O5S3.Na/c24-5-8-36-30-16(13-10-37-22(25)27-13)19(32)29-17-14-1-2-15(18(21(34)35)31(14)20(17)33)39-23-28-12(9-38-23)11-3-6-26-7-4-11;/h3-4,6-7,9-10,14,17H,1-2,5,8H2,(H2,25,27)(H,29,32)(H,34,35);/q;+1/p-1/b30-16+;/t14-,17+;/m1./s1. The fraction of sp³-hybridized carbons (Fsp3) is 0.261. The van der Waals surface area contributed by atoms with Crippen molar-refractivity contribution in [2.24, 2.45) is 10.1 Å². The van der Waals surface area contributed by atoms with Crippen LogP contribution in [0.25, 0.3) is 11.3 Å². The first kappa shape index (κ1) is 30.1. The topological polar surface area (TPSA) is 179 Å². The van der Waals surface area contributed by atoms with Crippen molar-refractivity contribution in [1.82, 2.24) is 19.9 Å². The molecule has 3 aromatic rings. The van der Waals surface area contributed by atoms with Crippen LogP contribution in [0.4, 0.5) is 9.52 Å². The first-order valence-corrected chi connectivity index (χ1v) is 14.0. The maximum absolute atomic E-state index is 13.1. The molecular weight excluding hydrogens is 592 g/mol. The molecule has 40 heavy (non-hydrogen) atoms. The van der Waals surface area contributed by atoms with E-state index in [1.54, 1.807) is 12.4 Å². The number of hydrogen-bond donors (Lipinski definition) is 2. The van der Waals surface area contributed by atoms with Gasteiger partial charge in [-0.1, -0.05) is 16.9 Å². The van der Waals surface area contributed by atoms with Crippen molar-refractivity contribution in [2.45, 2.75) is 29.3 Å². The number of oxime groups is 1. The van der Waals surface area contributed by atoms with Crippen molar-refractivity contribution >= 4 is 63.1 Å². The number of nitrogens with zero attached hydrogens (tertiary/aromatic N) is 6. The van der Waals surface area contributed by atoms with Crippen molar-refractivity contribution in [1.29, 1.82) is 0 Å². The van der Waals surface area contributed by atoms with Crippen molar-refractivity contribution in [3.63, 3.8) is 0 Å². The summed E-state index contributed by atoms with van der Waals surface area (Å²) in [5, 5.41) is 30.1. The summed E-state index contributed by atoms with van der Waals surface area (Å²) in [6.07, 6.45) is 4.07. The Morgan fingerprint density at radius 2 is 2.08 bits per heavy atom. The molecule has 0 radical (unpaired) electrons. The van der Waals surface area contributed by atoms with Gasteiger partial charge in [-0.25, -0.2) is 19.2 Å². The molecule has 202 valence electrons. The largest absolute Gasteiger partial charge is 1.00 e. The van der Waals surface area contributed by atoms with Crippen LogP contribution in [0, 0.1) is 0 Å². The third-order valence-electron chi connectivity index (χ3n) is 5.78. The fourth-order valence-electron chi connectivity index (χ4n) is 4.08. The van der Waals surface area contributed by atoms with Crippen molar-refractivity contribution in [2.75, 3.05) is 19.0 Å². The number of allylic oxidation sites excluding steroid dienone is 1. The number of carbonyl (C=O) groups excluding carboxylic acids is 1. The molecule has 1 fully saturated rings. The summed E-state index contributed by atoms with van der Waals surface area (Å²) in [4.78, 5) is 48.3. The zero-order valence-corrected chi connectivity index (χ0v) is 25.3. The van der Waals surface area contributed by atoms with Crippen LogP contribution in [0.2, 0.25) is 0 Å². The molecule has 0 saturated carbocycles. The maximum Gasteiger partial charge on any atom is 1.00 e. The van der Waals surface area contributed by atoms with Crippen molar-refractivity contribution in [3.05, 3.63) is 51.6 Å². The SMILES string of the molecule is Nc1nc(/C(=N\OCCF)C([O-])=N[C@@H]2C(=O)N3C(C(=O)O)=C(Sc4nc(-c5ccncc5)cs4)CC[C@H]23)cs1.[Na+]. The van der Waals surface area contributed by atoms with E-state index in [9.17, 15) is 24.2 Å². The molecule has 1 amide bonds. The Morgan fingerprint density at radius 1 is 1.30 bits per heavy atom. The zero-order valence-electron chi connectivity index (χ0n) is 20.9. The van der Waals surface area contributed by atoms with Gasteiger partial charge >= 0.3 is 35.5 Å². The minimum atomic E-state index is -1.26. The van der Waals surface area contributed by atoms with E-state index < -0.39 is 36.5 Å². The predicted octanol–water partition coefficient (Wildman–Crippen LogP) is -0.841. The molecule has 17 heteroatoms. The predicted molar refractivity (Wildman–Crippen MR) is 142 cm³/mol. The first-order chi connectivity index (χ1) is 18.9. The Kier molecular flexibility index (Phi) is 9.91. The van der Waals surface area contributed by atoms with Crippen LogP contribution in [0.15, 0.2) is 60.4 Å². The number of nitrogen functional groups attached to an aromatic ring is 1. The smallest absolute Gasteiger partial charge is 0.857 e. The third kappa shape index (κ3) is 6.21. The molecular formula is C23H19FN7NaO5S3. The number of carbonyl (C=O) groups is 2. The average molecular weight is 612 g/mol. The number of thiazole rings is 2. The van der Waals surface area contributed by atoms with Gasteiger partial charge in [0.2, 0.25) is 0 Å². The summed E-state index contributed by atoms with van der Waals surface area (Å²) >= 11 is 3.63. The number of rotatable bonds is 10. The number of anilines is 1. The Bertz CT molecular complexity index is 1500. The summed E-state index contributed by atoms with van der Waals surface area (Å²) in [6, 6.07) is 1.94. The molecule has 2 aliphatic heterocycles. The summed E-state index contributed by atoms with van der Waals surface area (Å²) in [6.45, 7) is -1.21. The van der Waals surface area contributed by atoms with E-state index in [-0.39, 0.29) is 58.4 Å². The number of hydrogen-bond acceptors (Lipinski definition) is 13. The van der Waals surface area contributed by atoms with E-state index in [1.807, 2.05) is 17.5 Å².